The lowest BCUT2D eigenvalue weighted by Crippen LogP contribution is -2.46. The summed E-state index contributed by atoms with van der Waals surface area (Å²) in [6.07, 6.45) is 0. The van der Waals surface area contributed by atoms with Crippen LogP contribution in [0.4, 0.5) is 9.59 Å². The molecule has 0 saturated heterocycles. The standard InChI is InChI=1S/C4H14N7O2PS/c5-3(12)8-1-9-4(13)10-2-11-14(6,7)15/h1-2H2,(H3,5,8,12)(H2,9,10,13)(H5,6,7,11,15). The summed E-state index contributed by atoms with van der Waals surface area (Å²) in [6.45, 7) is -2.53. The lowest BCUT2D eigenvalue weighted by Gasteiger charge is -2.13. The molecule has 0 aliphatic rings. The third kappa shape index (κ3) is 11.0. The number of carbonyl (C=O) groups excluding carboxylic acids is 2. The fraction of sp³-hybridized carbons (Fsp3) is 0.500. The maximum Gasteiger partial charge on any atom is 0.317 e. The molecule has 0 fully saturated rings. The maximum absolute atomic E-state index is 11.0. The molecule has 0 spiro atoms. The van der Waals surface area contributed by atoms with Gasteiger partial charge in [-0.25, -0.2) is 14.7 Å². The summed E-state index contributed by atoms with van der Waals surface area (Å²) in [5.41, 5.74) is 15.4. The number of rotatable bonds is 5. The Hall–Kier alpha value is -0.930. The van der Waals surface area contributed by atoms with Crippen LogP contribution in [0.15, 0.2) is 0 Å². The molecule has 0 rings (SSSR count). The zero-order valence-electron chi connectivity index (χ0n) is 7.82. The first kappa shape index (κ1) is 14.1. The summed E-state index contributed by atoms with van der Waals surface area (Å²) in [4.78, 5) is 21.2. The molecule has 0 radical (unpaired) electrons. The fourth-order valence-electron chi connectivity index (χ4n) is 0.517. The largest absolute Gasteiger partial charge is 0.352 e. The molecule has 4 amide bonds. The minimum absolute atomic E-state index is 0.0483. The van der Waals surface area contributed by atoms with Crippen molar-refractivity contribution in [1.29, 1.82) is 0 Å². The van der Waals surface area contributed by atoms with Gasteiger partial charge in [-0.05, 0) is 11.8 Å². The summed E-state index contributed by atoms with van der Waals surface area (Å²) in [5.74, 6) is 0. The smallest absolute Gasteiger partial charge is 0.317 e. The van der Waals surface area contributed by atoms with E-state index in [2.05, 4.69) is 32.8 Å². The summed E-state index contributed by atoms with van der Waals surface area (Å²) < 4.78 is 0. The van der Waals surface area contributed by atoms with Gasteiger partial charge in [0.05, 0.1) is 13.3 Å². The van der Waals surface area contributed by atoms with E-state index >= 15 is 0 Å². The molecule has 9 nitrogen and oxygen atoms in total. The van der Waals surface area contributed by atoms with Gasteiger partial charge in [-0.1, -0.05) is 0 Å². The van der Waals surface area contributed by atoms with Gasteiger partial charge in [0.2, 0.25) is 0 Å². The highest BCUT2D eigenvalue weighted by Gasteiger charge is 2.02. The van der Waals surface area contributed by atoms with Crippen LogP contribution in [0.1, 0.15) is 0 Å². The number of hydrogen-bond acceptors (Lipinski definition) is 3. The second kappa shape index (κ2) is 6.53. The topological polar surface area (TPSA) is 160 Å². The third-order valence-electron chi connectivity index (χ3n) is 1.09. The van der Waals surface area contributed by atoms with E-state index in [-0.39, 0.29) is 13.3 Å². The van der Waals surface area contributed by atoms with Crippen molar-refractivity contribution in [2.45, 2.75) is 0 Å². The number of nitrogens with one attached hydrogen (secondary N) is 4. The van der Waals surface area contributed by atoms with Gasteiger partial charge in [-0.2, -0.15) is 0 Å². The zero-order valence-corrected chi connectivity index (χ0v) is 9.53. The van der Waals surface area contributed by atoms with Crippen LogP contribution < -0.4 is 37.8 Å². The maximum atomic E-state index is 11.0. The van der Waals surface area contributed by atoms with Crippen LogP contribution in [-0.2, 0) is 11.8 Å². The lowest BCUT2D eigenvalue weighted by atomic mass is 10.8. The SMILES string of the molecule is NC(=O)NCNC(=O)NCNP(N)(N)=S. The molecule has 88 valence electrons. The van der Waals surface area contributed by atoms with Crippen LogP contribution >= 0.6 is 6.49 Å². The van der Waals surface area contributed by atoms with E-state index in [1.807, 2.05) is 0 Å². The molecule has 0 bridgehead atoms. The van der Waals surface area contributed by atoms with Crippen molar-refractivity contribution >= 4 is 30.4 Å². The Labute approximate surface area is 91.7 Å². The molecule has 0 aliphatic carbocycles. The molecule has 10 N–H and O–H groups in total. The highest BCUT2D eigenvalue weighted by molar-refractivity contribution is 8.11. The van der Waals surface area contributed by atoms with Crippen LogP contribution in [0, 0.1) is 0 Å². The normalized spacial score (nSPS) is 10.5. The molecule has 11 heteroatoms. The summed E-state index contributed by atoms with van der Waals surface area (Å²) in [7, 11) is 0. The monoisotopic (exact) mass is 255 g/mol. The van der Waals surface area contributed by atoms with Gasteiger partial charge in [0.1, 0.15) is 6.49 Å². The highest BCUT2D eigenvalue weighted by Crippen LogP contribution is 2.15. The minimum atomic E-state index is -2.51. The number of carbonyl (C=O) groups is 2. The van der Waals surface area contributed by atoms with Crippen molar-refractivity contribution in [2.24, 2.45) is 16.7 Å². The van der Waals surface area contributed by atoms with Crippen molar-refractivity contribution in [3.8, 4) is 0 Å². The predicted molar refractivity (Wildman–Crippen MR) is 59.9 cm³/mol. The molecule has 0 aromatic carbocycles. The van der Waals surface area contributed by atoms with Gasteiger partial charge in [0.15, 0.2) is 0 Å². The summed E-state index contributed by atoms with van der Waals surface area (Å²) in [5, 5.41) is 9.37. The molecule has 15 heavy (non-hydrogen) atoms. The first-order valence-electron chi connectivity index (χ1n) is 3.78. The first-order chi connectivity index (χ1) is 6.81. The molecular weight excluding hydrogens is 241 g/mol. The Bertz CT molecular complexity index is 278. The van der Waals surface area contributed by atoms with Gasteiger partial charge < -0.3 is 21.7 Å². The van der Waals surface area contributed by atoms with Crippen LogP contribution in [0.2, 0.25) is 0 Å². The van der Waals surface area contributed by atoms with Crippen LogP contribution in [-0.4, -0.2) is 25.4 Å². The van der Waals surface area contributed by atoms with Crippen LogP contribution in [0.5, 0.6) is 0 Å². The number of hydrogen-bond donors (Lipinski definition) is 7. The summed E-state index contributed by atoms with van der Waals surface area (Å²) >= 11 is 4.67. The quantitative estimate of drug-likeness (QED) is 0.214. The summed E-state index contributed by atoms with van der Waals surface area (Å²) in [6, 6.07) is -1.24. The van der Waals surface area contributed by atoms with Crippen molar-refractivity contribution in [3.05, 3.63) is 0 Å². The fourth-order valence-corrected chi connectivity index (χ4v) is 1.04. The molecule has 0 aliphatic heterocycles. The van der Waals surface area contributed by atoms with Crippen molar-refractivity contribution in [1.82, 2.24) is 21.0 Å². The number of amides is 4. The zero-order chi connectivity index (χ0) is 11.9. The van der Waals surface area contributed by atoms with Gasteiger partial charge in [0, 0.05) is 0 Å². The molecule has 0 aromatic rings. The average molecular weight is 255 g/mol. The molecule has 0 atom stereocenters. The Morgan fingerprint density at radius 3 is 2.13 bits per heavy atom. The Balaban J connectivity index is 3.50. The van der Waals surface area contributed by atoms with Gasteiger partial charge in [0.25, 0.3) is 0 Å². The molecule has 0 unspecified atom stereocenters. The molecule has 0 saturated carbocycles. The van der Waals surface area contributed by atoms with E-state index in [1.165, 1.54) is 0 Å². The van der Waals surface area contributed by atoms with E-state index in [0.29, 0.717) is 0 Å². The number of nitrogens with two attached hydrogens (primary N) is 3. The van der Waals surface area contributed by atoms with Gasteiger partial charge in [-0.15, -0.1) is 0 Å². The van der Waals surface area contributed by atoms with Crippen LogP contribution in [0.3, 0.4) is 0 Å². The highest BCUT2D eigenvalue weighted by atomic mass is 32.4. The van der Waals surface area contributed by atoms with E-state index in [1.54, 1.807) is 0 Å². The predicted octanol–water partition coefficient (Wildman–Crippen LogP) is -2.40. The van der Waals surface area contributed by atoms with Crippen LogP contribution in [0.25, 0.3) is 0 Å². The minimum Gasteiger partial charge on any atom is -0.352 e. The first-order valence-corrected chi connectivity index (χ1v) is 6.72. The molecule has 0 aromatic heterocycles. The number of urea groups is 2. The average Bonchev–Trinajstić information content (AvgIpc) is 2.00. The Kier molecular flexibility index (Phi) is 6.13. The van der Waals surface area contributed by atoms with Crippen molar-refractivity contribution in [2.75, 3.05) is 13.3 Å². The Morgan fingerprint density at radius 2 is 1.67 bits per heavy atom. The van der Waals surface area contributed by atoms with E-state index in [9.17, 15) is 9.59 Å². The second-order valence-corrected chi connectivity index (χ2v) is 5.99. The van der Waals surface area contributed by atoms with Crippen molar-refractivity contribution in [3.63, 3.8) is 0 Å². The molecular formula is C4H14N7O2PS. The lowest BCUT2D eigenvalue weighted by molar-refractivity contribution is 0.237. The van der Waals surface area contributed by atoms with Gasteiger partial charge in [-0.3, -0.25) is 11.0 Å². The second-order valence-electron chi connectivity index (χ2n) is 2.44. The Morgan fingerprint density at radius 1 is 1.13 bits per heavy atom. The van der Waals surface area contributed by atoms with E-state index < -0.39 is 18.6 Å². The molecule has 0 heterocycles. The van der Waals surface area contributed by atoms with Gasteiger partial charge >= 0.3 is 12.1 Å². The van der Waals surface area contributed by atoms with Crippen molar-refractivity contribution < 1.29 is 9.59 Å². The van der Waals surface area contributed by atoms with E-state index in [0.717, 1.165) is 0 Å². The van der Waals surface area contributed by atoms with E-state index in [4.69, 9.17) is 16.7 Å². The number of primary amides is 1. The third-order valence-corrected chi connectivity index (χ3v) is 2.13.